The predicted molar refractivity (Wildman–Crippen MR) is 105 cm³/mol. The van der Waals surface area contributed by atoms with Crippen molar-refractivity contribution in [1.82, 2.24) is 4.98 Å². The summed E-state index contributed by atoms with van der Waals surface area (Å²) in [6, 6.07) is 16.7. The normalized spacial score (nSPS) is 10.3. The minimum atomic E-state index is -0.188. The summed E-state index contributed by atoms with van der Waals surface area (Å²) >= 11 is 0. The number of carbonyl (C=O) groups is 1. The highest BCUT2D eigenvalue weighted by atomic mass is 16.5. The zero-order valence-corrected chi connectivity index (χ0v) is 15.4. The van der Waals surface area contributed by atoms with Crippen LogP contribution in [0.15, 0.2) is 67.0 Å². The van der Waals surface area contributed by atoms with Gasteiger partial charge in [-0.05, 0) is 53.9 Å². The summed E-state index contributed by atoms with van der Waals surface area (Å²) < 4.78 is 11.2. The number of hydrogen-bond acceptors (Lipinski definition) is 4. The van der Waals surface area contributed by atoms with Crippen LogP contribution in [0, 0.1) is 0 Å². The number of amides is 1. The van der Waals surface area contributed by atoms with E-state index in [2.05, 4.69) is 17.2 Å². The Morgan fingerprint density at radius 2 is 1.81 bits per heavy atom. The van der Waals surface area contributed by atoms with Crippen LogP contribution in [0.2, 0.25) is 0 Å². The average molecular weight is 362 g/mol. The number of hydrogen-bond donors (Lipinski definition) is 1. The van der Waals surface area contributed by atoms with Crippen molar-refractivity contribution in [3.8, 4) is 11.5 Å². The summed E-state index contributed by atoms with van der Waals surface area (Å²) in [5.74, 6) is 0.910. The SMILES string of the molecule is CCc1ccccc1NC(=O)c1ccc(OC)c(OCc2ccncc2)c1. The van der Waals surface area contributed by atoms with Gasteiger partial charge in [-0.3, -0.25) is 9.78 Å². The van der Waals surface area contributed by atoms with Crippen LogP contribution in [0.4, 0.5) is 5.69 Å². The molecular formula is C22H22N2O3. The molecule has 1 heterocycles. The average Bonchev–Trinajstić information content (AvgIpc) is 2.73. The molecule has 1 N–H and O–H groups in total. The summed E-state index contributed by atoms with van der Waals surface area (Å²) in [6.45, 7) is 2.42. The van der Waals surface area contributed by atoms with E-state index in [1.54, 1.807) is 37.7 Å². The van der Waals surface area contributed by atoms with Gasteiger partial charge < -0.3 is 14.8 Å². The number of methoxy groups -OCH3 is 1. The molecule has 3 rings (SSSR count). The Kier molecular flexibility index (Phi) is 6.05. The molecular weight excluding hydrogens is 340 g/mol. The lowest BCUT2D eigenvalue weighted by Crippen LogP contribution is -2.13. The van der Waals surface area contributed by atoms with Gasteiger partial charge in [0.25, 0.3) is 5.91 Å². The van der Waals surface area contributed by atoms with Crippen molar-refractivity contribution in [3.63, 3.8) is 0 Å². The second kappa shape index (κ2) is 8.85. The molecule has 0 saturated carbocycles. The van der Waals surface area contributed by atoms with Crippen LogP contribution >= 0.6 is 0 Å². The van der Waals surface area contributed by atoms with Crippen molar-refractivity contribution in [2.75, 3.05) is 12.4 Å². The number of para-hydroxylation sites is 1. The molecule has 0 aliphatic rings. The first-order valence-electron chi connectivity index (χ1n) is 8.80. The van der Waals surface area contributed by atoms with Crippen molar-refractivity contribution in [2.45, 2.75) is 20.0 Å². The number of benzene rings is 2. The standard InChI is InChI=1S/C22H22N2O3/c1-3-17-6-4-5-7-19(17)24-22(25)18-8-9-20(26-2)21(14-18)27-15-16-10-12-23-13-11-16/h4-14H,3,15H2,1-2H3,(H,24,25). The van der Waals surface area contributed by atoms with E-state index < -0.39 is 0 Å². The lowest BCUT2D eigenvalue weighted by Gasteiger charge is -2.13. The quantitative estimate of drug-likeness (QED) is 0.673. The Bertz CT molecular complexity index is 910. The Morgan fingerprint density at radius 1 is 1.04 bits per heavy atom. The van der Waals surface area contributed by atoms with Gasteiger partial charge in [0.15, 0.2) is 11.5 Å². The summed E-state index contributed by atoms with van der Waals surface area (Å²) in [5.41, 5.74) is 3.40. The molecule has 5 nitrogen and oxygen atoms in total. The third kappa shape index (κ3) is 4.64. The van der Waals surface area contributed by atoms with Crippen LogP contribution in [0.1, 0.15) is 28.4 Å². The van der Waals surface area contributed by atoms with Crippen molar-refractivity contribution in [2.24, 2.45) is 0 Å². The second-order valence-electron chi connectivity index (χ2n) is 5.97. The van der Waals surface area contributed by atoms with Crippen LogP contribution in [-0.2, 0) is 13.0 Å². The highest BCUT2D eigenvalue weighted by Crippen LogP contribution is 2.29. The van der Waals surface area contributed by atoms with E-state index in [1.807, 2.05) is 36.4 Å². The zero-order chi connectivity index (χ0) is 19.1. The van der Waals surface area contributed by atoms with Gasteiger partial charge in [0.1, 0.15) is 6.61 Å². The number of nitrogens with zero attached hydrogens (tertiary/aromatic N) is 1. The number of anilines is 1. The highest BCUT2D eigenvalue weighted by molar-refractivity contribution is 6.05. The van der Waals surface area contributed by atoms with E-state index in [-0.39, 0.29) is 5.91 Å². The second-order valence-corrected chi connectivity index (χ2v) is 5.97. The third-order valence-corrected chi connectivity index (χ3v) is 4.22. The number of carbonyl (C=O) groups excluding carboxylic acids is 1. The lowest BCUT2D eigenvalue weighted by atomic mass is 10.1. The summed E-state index contributed by atoms with van der Waals surface area (Å²) in [5, 5.41) is 2.97. The number of aryl methyl sites for hydroxylation is 1. The van der Waals surface area contributed by atoms with Crippen LogP contribution in [0.3, 0.4) is 0 Å². The van der Waals surface area contributed by atoms with Crippen LogP contribution in [0.25, 0.3) is 0 Å². The summed E-state index contributed by atoms with van der Waals surface area (Å²) in [6.07, 6.45) is 4.27. The summed E-state index contributed by atoms with van der Waals surface area (Å²) in [4.78, 5) is 16.7. The molecule has 0 saturated heterocycles. The van der Waals surface area contributed by atoms with Gasteiger partial charge in [0, 0.05) is 23.6 Å². The predicted octanol–water partition coefficient (Wildman–Crippen LogP) is 4.48. The minimum absolute atomic E-state index is 0.188. The maximum absolute atomic E-state index is 12.7. The first-order valence-corrected chi connectivity index (χ1v) is 8.80. The van der Waals surface area contributed by atoms with E-state index in [0.717, 1.165) is 23.2 Å². The molecule has 0 unspecified atom stereocenters. The van der Waals surface area contributed by atoms with Gasteiger partial charge in [-0.2, -0.15) is 0 Å². The van der Waals surface area contributed by atoms with Gasteiger partial charge >= 0.3 is 0 Å². The Morgan fingerprint density at radius 3 is 2.56 bits per heavy atom. The molecule has 0 radical (unpaired) electrons. The van der Waals surface area contributed by atoms with Gasteiger partial charge in [-0.15, -0.1) is 0 Å². The van der Waals surface area contributed by atoms with Crippen LogP contribution < -0.4 is 14.8 Å². The van der Waals surface area contributed by atoms with Gasteiger partial charge in [-0.25, -0.2) is 0 Å². The highest BCUT2D eigenvalue weighted by Gasteiger charge is 2.13. The molecule has 27 heavy (non-hydrogen) atoms. The number of pyridine rings is 1. The monoisotopic (exact) mass is 362 g/mol. The first-order chi connectivity index (χ1) is 13.2. The van der Waals surface area contributed by atoms with E-state index in [0.29, 0.717) is 23.7 Å². The van der Waals surface area contributed by atoms with Crippen molar-refractivity contribution in [3.05, 3.63) is 83.7 Å². The fourth-order valence-corrected chi connectivity index (χ4v) is 2.72. The third-order valence-electron chi connectivity index (χ3n) is 4.22. The fourth-order valence-electron chi connectivity index (χ4n) is 2.72. The Balaban J connectivity index is 1.78. The molecule has 138 valence electrons. The molecule has 0 spiro atoms. The summed E-state index contributed by atoms with van der Waals surface area (Å²) in [7, 11) is 1.58. The molecule has 0 atom stereocenters. The van der Waals surface area contributed by atoms with Gasteiger partial charge in [0.2, 0.25) is 0 Å². The van der Waals surface area contributed by atoms with E-state index in [1.165, 1.54) is 0 Å². The first kappa shape index (κ1) is 18.5. The van der Waals surface area contributed by atoms with E-state index in [9.17, 15) is 4.79 Å². The van der Waals surface area contributed by atoms with Gasteiger partial charge in [0.05, 0.1) is 7.11 Å². The van der Waals surface area contributed by atoms with Crippen molar-refractivity contribution >= 4 is 11.6 Å². The van der Waals surface area contributed by atoms with Gasteiger partial charge in [-0.1, -0.05) is 25.1 Å². The minimum Gasteiger partial charge on any atom is -0.493 e. The number of rotatable bonds is 7. The smallest absolute Gasteiger partial charge is 0.255 e. The van der Waals surface area contributed by atoms with Crippen LogP contribution in [0.5, 0.6) is 11.5 Å². The maximum atomic E-state index is 12.7. The van der Waals surface area contributed by atoms with E-state index in [4.69, 9.17) is 9.47 Å². The molecule has 0 aliphatic carbocycles. The number of nitrogens with one attached hydrogen (secondary N) is 1. The molecule has 0 aliphatic heterocycles. The number of aromatic nitrogens is 1. The molecule has 3 aromatic rings. The molecule has 0 bridgehead atoms. The molecule has 1 amide bonds. The molecule has 2 aromatic carbocycles. The Labute approximate surface area is 159 Å². The fraction of sp³-hybridized carbons (Fsp3) is 0.182. The molecule has 5 heteroatoms. The maximum Gasteiger partial charge on any atom is 0.255 e. The van der Waals surface area contributed by atoms with E-state index >= 15 is 0 Å². The largest absolute Gasteiger partial charge is 0.493 e. The Hall–Kier alpha value is -3.34. The van der Waals surface area contributed by atoms with Crippen molar-refractivity contribution in [1.29, 1.82) is 0 Å². The topological polar surface area (TPSA) is 60.5 Å². The zero-order valence-electron chi connectivity index (χ0n) is 15.4. The number of ether oxygens (including phenoxy) is 2. The molecule has 1 aromatic heterocycles. The lowest BCUT2D eigenvalue weighted by molar-refractivity contribution is 0.102. The molecule has 0 fully saturated rings. The van der Waals surface area contributed by atoms with Crippen molar-refractivity contribution < 1.29 is 14.3 Å². The van der Waals surface area contributed by atoms with Crippen LogP contribution in [-0.4, -0.2) is 18.0 Å².